The Hall–Kier alpha value is -0.360. The standard InChI is InChI=1S/C8H15N2P/c1-5-10-8(11(3)4)6-7(2)9-10/h6H,5H2,1-4H3. The Morgan fingerprint density at radius 2 is 2.18 bits per heavy atom. The average molecular weight is 170 g/mol. The molecule has 3 heteroatoms. The van der Waals surface area contributed by atoms with Crippen molar-refractivity contribution in [3.05, 3.63) is 11.8 Å². The molecule has 0 aliphatic heterocycles. The summed E-state index contributed by atoms with van der Waals surface area (Å²) in [6, 6.07) is 2.19. The lowest BCUT2D eigenvalue weighted by Crippen LogP contribution is -2.14. The molecule has 11 heavy (non-hydrogen) atoms. The van der Waals surface area contributed by atoms with E-state index in [1.54, 1.807) is 0 Å². The first kappa shape index (κ1) is 8.73. The minimum Gasteiger partial charge on any atom is -0.265 e. The number of hydrogen-bond acceptors (Lipinski definition) is 1. The molecule has 0 aromatic carbocycles. The molecule has 0 saturated carbocycles. The molecule has 1 heterocycles. The van der Waals surface area contributed by atoms with Gasteiger partial charge in [0.2, 0.25) is 0 Å². The largest absolute Gasteiger partial charge is 0.265 e. The van der Waals surface area contributed by atoms with E-state index in [0.29, 0.717) is 0 Å². The van der Waals surface area contributed by atoms with Crippen LogP contribution in [0.1, 0.15) is 12.6 Å². The highest BCUT2D eigenvalue weighted by molar-refractivity contribution is 7.63. The van der Waals surface area contributed by atoms with Crippen molar-refractivity contribution >= 4 is 13.4 Å². The molecule has 0 amide bonds. The molecule has 0 saturated heterocycles. The topological polar surface area (TPSA) is 17.8 Å². The van der Waals surface area contributed by atoms with Gasteiger partial charge in [0.25, 0.3) is 0 Å². The molecule has 1 rings (SSSR count). The van der Waals surface area contributed by atoms with Crippen LogP contribution in [0, 0.1) is 6.92 Å². The van der Waals surface area contributed by atoms with Crippen LogP contribution in [0.5, 0.6) is 0 Å². The summed E-state index contributed by atoms with van der Waals surface area (Å²) < 4.78 is 2.10. The quantitative estimate of drug-likeness (QED) is 0.616. The molecule has 0 atom stereocenters. The third kappa shape index (κ3) is 1.81. The predicted molar refractivity (Wildman–Crippen MR) is 51.0 cm³/mol. The van der Waals surface area contributed by atoms with Crippen molar-refractivity contribution in [1.29, 1.82) is 0 Å². The van der Waals surface area contributed by atoms with Crippen molar-refractivity contribution in [2.45, 2.75) is 20.4 Å². The molecule has 0 aliphatic carbocycles. The minimum atomic E-state index is -0.000900. The van der Waals surface area contributed by atoms with Crippen LogP contribution in [0.25, 0.3) is 0 Å². The summed E-state index contributed by atoms with van der Waals surface area (Å²) >= 11 is 0. The third-order valence-electron chi connectivity index (χ3n) is 1.64. The summed E-state index contributed by atoms with van der Waals surface area (Å²) in [4.78, 5) is 0. The summed E-state index contributed by atoms with van der Waals surface area (Å²) in [5.74, 6) is 0. The normalized spacial score (nSPS) is 11.0. The van der Waals surface area contributed by atoms with Gasteiger partial charge in [0.05, 0.1) is 11.1 Å². The van der Waals surface area contributed by atoms with Gasteiger partial charge in [-0.15, -0.1) is 0 Å². The summed E-state index contributed by atoms with van der Waals surface area (Å²) in [6.07, 6.45) is 0. The van der Waals surface area contributed by atoms with Crippen LogP contribution < -0.4 is 5.44 Å². The zero-order valence-corrected chi connectivity index (χ0v) is 8.52. The van der Waals surface area contributed by atoms with Gasteiger partial charge in [-0.3, -0.25) is 4.68 Å². The van der Waals surface area contributed by atoms with E-state index < -0.39 is 0 Å². The van der Waals surface area contributed by atoms with Crippen LogP contribution in [0.15, 0.2) is 6.07 Å². The number of hydrogen-bond donors (Lipinski definition) is 0. The van der Waals surface area contributed by atoms with Gasteiger partial charge in [0, 0.05) is 6.54 Å². The van der Waals surface area contributed by atoms with Crippen molar-refractivity contribution in [1.82, 2.24) is 9.78 Å². The second kappa shape index (κ2) is 3.36. The molecule has 0 aliphatic rings. The molecular weight excluding hydrogens is 155 g/mol. The highest BCUT2D eigenvalue weighted by Crippen LogP contribution is 2.23. The van der Waals surface area contributed by atoms with Crippen molar-refractivity contribution in [2.24, 2.45) is 0 Å². The Kier molecular flexibility index (Phi) is 2.67. The molecular formula is C8H15N2P. The van der Waals surface area contributed by atoms with E-state index in [0.717, 1.165) is 12.2 Å². The SMILES string of the molecule is CCn1nc(C)cc1P(C)C. The van der Waals surface area contributed by atoms with E-state index in [2.05, 4.69) is 43.0 Å². The van der Waals surface area contributed by atoms with Crippen LogP contribution in [-0.4, -0.2) is 23.1 Å². The van der Waals surface area contributed by atoms with Gasteiger partial charge in [-0.1, -0.05) is 7.92 Å². The van der Waals surface area contributed by atoms with Gasteiger partial charge in [-0.2, -0.15) is 5.10 Å². The number of nitrogens with zero attached hydrogens (tertiary/aromatic N) is 2. The molecule has 0 spiro atoms. The first-order valence-corrected chi connectivity index (χ1v) is 6.10. The van der Waals surface area contributed by atoms with E-state index in [1.807, 2.05) is 0 Å². The van der Waals surface area contributed by atoms with Crippen LogP contribution >= 0.6 is 7.92 Å². The van der Waals surface area contributed by atoms with E-state index in [4.69, 9.17) is 0 Å². The molecule has 0 radical (unpaired) electrons. The summed E-state index contributed by atoms with van der Waals surface area (Å²) in [7, 11) is -0.000900. The third-order valence-corrected chi connectivity index (χ3v) is 2.91. The van der Waals surface area contributed by atoms with Crippen LogP contribution in [0.2, 0.25) is 0 Å². The Balaban J connectivity index is 3.02. The van der Waals surface area contributed by atoms with Gasteiger partial charge in [-0.25, -0.2) is 0 Å². The maximum Gasteiger partial charge on any atom is 0.0608 e. The maximum absolute atomic E-state index is 4.38. The molecule has 1 aromatic rings. The van der Waals surface area contributed by atoms with Gasteiger partial charge >= 0.3 is 0 Å². The zero-order valence-electron chi connectivity index (χ0n) is 7.63. The Bertz CT molecular complexity index is 240. The summed E-state index contributed by atoms with van der Waals surface area (Å²) in [5.41, 5.74) is 2.54. The Morgan fingerprint density at radius 1 is 1.55 bits per heavy atom. The predicted octanol–water partition coefficient (Wildman–Crippen LogP) is 1.58. The fourth-order valence-electron chi connectivity index (χ4n) is 1.12. The molecule has 0 N–H and O–H groups in total. The number of aryl methyl sites for hydroxylation is 2. The lowest BCUT2D eigenvalue weighted by Gasteiger charge is -2.06. The average Bonchev–Trinajstić information content (AvgIpc) is 2.30. The first-order valence-electron chi connectivity index (χ1n) is 3.87. The van der Waals surface area contributed by atoms with E-state index in [-0.39, 0.29) is 7.92 Å². The molecule has 1 aromatic heterocycles. The van der Waals surface area contributed by atoms with E-state index >= 15 is 0 Å². The first-order chi connectivity index (χ1) is 5.15. The van der Waals surface area contributed by atoms with E-state index in [9.17, 15) is 0 Å². The van der Waals surface area contributed by atoms with E-state index in [1.165, 1.54) is 5.44 Å². The van der Waals surface area contributed by atoms with Gasteiger partial charge < -0.3 is 0 Å². The molecule has 62 valence electrons. The van der Waals surface area contributed by atoms with Crippen molar-refractivity contribution in [3.8, 4) is 0 Å². The van der Waals surface area contributed by atoms with Crippen LogP contribution in [0.3, 0.4) is 0 Å². The van der Waals surface area contributed by atoms with Gasteiger partial charge in [-0.05, 0) is 33.2 Å². The monoisotopic (exact) mass is 170 g/mol. The molecule has 0 bridgehead atoms. The fraction of sp³-hybridized carbons (Fsp3) is 0.625. The Labute approximate surface area is 69.4 Å². The molecule has 0 unspecified atom stereocenters. The van der Waals surface area contributed by atoms with Crippen molar-refractivity contribution in [3.63, 3.8) is 0 Å². The summed E-state index contributed by atoms with van der Waals surface area (Å²) in [5, 5.41) is 4.38. The highest BCUT2D eigenvalue weighted by Gasteiger charge is 2.06. The lowest BCUT2D eigenvalue weighted by atomic mass is 10.5. The van der Waals surface area contributed by atoms with Gasteiger partial charge in [0.1, 0.15) is 0 Å². The smallest absolute Gasteiger partial charge is 0.0608 e. The van der Waals surface area contributed by atoms with Crippen LogP contribution in [-0.2, 0) is 6.54 Å². The summed E-state index contributed by atoms with van der Waals surface area (Å²) in [6.45, 7) is 9.70. The Morgan fingerprint density at radius 3 is 2.55 bits per heavy atom. The second-order valence-corrected chi connectivity index (χ2v) is 5.10. The fourth-order valence-corrected chi connectivity index (χ4v) is 2.22. The number of aromatic nitrogens is 2. The van der Waals surface area contributed by atoms with Crippen molar-refractivity contribution < 1.29 is 0 Å². The van der Waals surface area contributed by atoms with Crippen molar-refractivity contribution in [2.75, 3.05) is 13.3 Å². The second-order valence-electron chi connectivity index (χ2n) is 2.85. The number of rotatable bonds is 2. The highest BCUT2D eigenvalue weighted by atomic mass is 31.1. The zero-order chi connectivity index (χ0) is 8.43. The molecule has 0 fully saturated rings. The molecule has 2 nitrogen and oxygen atoms in total. The minimum absolute atomic E-state index is 0.000900. The van der Waals surface area contributed by atoms with Crippen LogP contribution in [0.4, 0.5) is 0 Å². The lowest BCUT2D eigenvalue weighted by molar-refractivity contribution is 0.670. The maximum atomic E-state index is 4.38. The van der Waals surface area contributed by atoms with Gasteiger partial charge in [0.15, 0.2) is 0 Å².